The summed E-state index contributed by atoms with van der Waals surface area (Å²) < 4.78 is 34.4. The summed E-state index contributed by atoms with van der Waals surface area (Å²) in [6, 6.07) is 0. The molecule has 0 aromatic carbocycles. The van der Waals surface area contributed by atoms with E-state index in [2.05, 4.69) is 5.32 Å². The maximum Gasteiger partial charge on any atom is 0.154 e. The van der Waals surface area contributed by atoms with Gasteiger partial charge in [0.15, 0.2) is 9.84 Å². The van der Waals surface area contributed by atoms with Crippen LogP contribution in [-0.4, -0.2) is 58.4 Å². The molecule has 0 aromatic rings. The lowest BCUT2D eigenvalue weighted by Gasteiger charge is -2.11. The molecule has 0 spiro atoms. The van der Waals surface area contributed by atoms with E-state index in [0.29, 0.717) is 19.8 Å². The third-order valence-electron chi connectivity index (χ3n) is 3.00. The van der Waals surface area contributed by atoms with Crippen molar-refractivity contribution >= 4 is 9.84 Å². The van der Waals surface area contributed by atoms with Crippen LogP contribution in [0.3, 0.4) is 0 Å². The number of sulfone groups is 1. The van der Waals surface area contributed by atoms with Gasteiger partial charge in [0.1, 0.15) is 0 Å². The van der Waals surface area contributed by atoms with Crippen LogP contribution >= 0.6 is 0 Å². The molecule has 0 amide bonds. The molecule has 1 saturated heterocycles. The Labute approximate surface area is 117 Å². The van der Waals surface area contributed by atoms with E-state index in [0.717, 1.165) is 25.8 Å². The highest BCUT2D eigenvalue weighted by Gasteiger charge is 2.22. The fraction of sp³-hybridized carbons (Fsp3) is 1.00. The molecule has 0 radical (unpaired) electrons. The average Bonchev–Trinajstić information content (AvgIpc) is 2.79. The summed E-state index contributed by atoms with van der Waals surface area (Å²) in [4.78, 5) is 0. The Kier molecular flexibility index (Phi) is 7.90. The van der Waals surface area contributed by atoms with Gasteiger partial charge in [0.25, 0.3) is 0 Å². The van der Waals surface area contributed by atoms with Crippen molar-refractivity contribution in [2.24, 2.45) is 0 Å². The lowest BCUT2D eigenvalue weighted by molar-refractivity contribution is 0.0772. The van der Waals surface area contributed by atoms with Crippen LogP contribution in [0.1, 0.15) is 33.1 Å². The maximum absolute atomic E-state index is 11.8. The number of ether oxygens (including phenoxy) is 2. The minimum Gasteiger partial charge on any atom is -0.379 e. The Morgan fingerprint density at radius 1 is 1.37 bits per heavy atom. The minimum atomic E-state index is -2.99. The van der Waals surface area contributed by atoms with E-state index in [1.807, 2.05) is 13.8 Å². The Morgan fingerprint density at radius 3 is 2.79 bits per heavy atom. The summed E-state index contributed by atoms with van der Waals surface area (Å²) >= 11 is 0. The van der Waals surface area contributed by atoms with E-state index in [9.17, 15) is 8.42 Å². The van der Waals surface area contributed by atoms with E-state index >= 15 is 0 Å². The Bertz CT molecular complexity index is 324. The topological polar surface area (TPSA) is 64.6 Å². The second-order valence-corrected chi connectivity index (χ2v) is 7.50. The van der Waals surface area contributed by atoms with Crippen LogP contribution in [0, 0.1) is 0 Å². The van der Waals surface area contributed by atoms with Crippen LogP contribution in [0.5, 0.6) is 0 Å². The van der Waals surface area contributed by atoms with Crippen LogP contribution in [-0.2, 0) is 19.3 Å². The Hall–Kier alpha value is -0.170. The van der Waals surface area contributed by atoms with Gasteiger partial charge in [-0.2, -0.15) is 0 Å². The quantitative estimate of drug-likeness (QED) is 0.608. The third-order valence-corrected chi connectivity index (χ3v) is 4.71. The molecule has 1 heterocycles. The van der Waals surface area contributed by atoms with E-state index < -0.39 is 9.84 Å². The standard InChI is InChI=1S/C13H27NO4S/c1-12(2)17-9-4-6-14-7-10-19(15,16)11-13-5-3-8-18-13/h12-14H,3-11H2,1-2H3. The van der Waals surface area contributed by atoms with Gasteiger partial charge in [-0.05, 0) is 39.7 Å². The van der Waals surface area contributed by atoms with Gasteiger partial charge in [-0.15, -0.1) is 0 Å². The molecular formula is C13H27NO4S. The van der Waals surface area contributed by atoms with E-state index in [1.54, 1.807) is 0 Å². The molecule has 0 aliphatic carbocycles. The molecule has 1 aliphatic rings. The number of hydrogen-bond acceptors (Lipinski definition) is 5. The number of rotatable bonds is 10. The van der Waals surface area contributed by atoms with Gasteiger partial charge in [0.05, 0.1) is 23.7 Å². The lowest BCUT2D eigenvalue weighted by atomic mass is 10.3. The predicted octanol–water partition coefficient (Wildman–Crippen LogP) is 0.985. The third kappa shape index (κ3) is 8.57. The minimum absolute atomic E-state index is 0.0792. The molecular weight excluding hydrogens is 266 g/mol. The first-order valence-corrected chi connectivity index (χ1v) is 8.96. The van der Waals surface area contributed by atoms with Gasteiger partial charge < -0.3 is 14.8 Å². The fourth-order valence-corrected chi connectivity index (χ4v) is 3.46. The number of nitrogens with one attached hydrogen (secondary N) is 1. The summed E-state index contributed by atoms with van der Waals surface area (Å²) in [7, 11) is -2.99. The molecule has 19 heavy (non-hydrogen) atoms. The molecule has 1 rings (SSSR count). The van der Waals surface area contributed by atoms with E-state index in [-0.39, 0.29) is 23.7 Å². The van der Waals surface area contributed by atoms with Crippen molar-refractivity contribution in [1.29, 1.82) is 0 Å². The predicted molar refractivity (Wildman–Crippen MR) is 76.2 cm³/mol. The smallest absolute Gasteiger partial charge is 0.154 e. The van der Waals surface area contributed by atoms with Crippen LogP contribution < -0.4 is 5.32 Å². The van der Waals surface area contributed by atoms with Gasteiger partial charge in [-0.1, -0.05) is 0 Å². The molecule has 1 atom stereocenters. The molecule has 1 fully saturated rings. The average molecular weight is 293 g/mol. The van der Waals surface area contributed by atoms with Crippen molar-refractivity contribution in [3.63, 3.8) is 0 Å². The van der Waals surface area contributed by atoms with Crippen molar-refractivity contribution < 1.29 is 17.9 Å². The van der Waals surface area contributed by atoms with Gasteiger partial charge in [-0.25, -0.2) is 8.42 Å². The van der Waals surface area contributed by atoms with E-state index in [1.165, 1.54) is 0 Å². The van der Waals surface area contributed by atoms with Gasteiger partial charge >= 0.3 is 0 Å². The molecule has 6 heteroatoms. The summed E-state index contributed by atoms with van der Waals surface area (Å²) in [6.07, 6.45) is 2.94. The first-order chi connectivity index (χ1) is 8.99. The first kappa shape index (κ1) is 16.9. The molecule has 114 valence electrons. The fourth-order valence-electron chi connectivity index (χ4n) is 2.01. The zero-order chi connectivity index (χ0) is 14.1. The van der Waals surface area contributed by atoms with Crippen molar-refractivity contribution in [2.45, 2.75) is 45.3 Å². The highest BCUT2D eigenvalue weighted by Crippen LogP contribution is 2.14. The van der Waals surface area contributed by atoms with Crippen molar-refractivity contribution in [3.05, 3.63) is 0 Å². The zero-order valence-corrected chi connectivity index (χ0v) is 12.9. The summed E-state index contributed by atoms with van der Waals surface area (Å²) in [5, 5.41) is 3.14. The molecule has 0 bridgehead atoms. The van der Waals surface area contributed by atoms with Crippen LogP contribution in [0.15, 0.2) is 0 Å². The van der Waals surface area contributed by atoms with Crippen molar-refractivity contribution in [1.82, 2.24) is 5.32 Å². The Balaban J connectivity index is 2.01. The molecule has 1 N–H and O–H groups in total. The second kappa shape index (κ2) is 8.89. The largest absolute Gasteiger partial charge is 0.379 e. The molecule has 5 nitrogen and oxygen atoms in total. The van der Waals surface area contributed by atoms with Crippen LogP contribution in [0.25, 0.3) is 0 Å². The van der Waals surface area contributed by atoms with Gasteiger partial charge in [-0.3, -0.25) is 0 Å². The molecule has 0 saturated carbocycles. The van der Waals surface area contributed by atoms with Crippen molar-refractivity contribution in [3.8, 4) is 0 Å². The van der Waals surface area contributed by atoms with Crippen molar-refractivity contribution in [2.75, 3.05) is 37.8 Å². The monoisotopic (exact) mass is 293 g/mol. The van der Waals surface area contributed by atoms with Crippen LogP contribution in [0.2, 0.25) is 0 Å². The number of hydrogen-bond donors (Lipinski definition) is 1. The zero-order valence-electron chi connectivity index (χ0n) is 12.1. The van der Waals surface area contributed by atoms with Gasteiger partial charge in [0, 0.05) is 19.8 Å². The van der Waals surface area contributed by atoms with Crippen LogP contribution in [0.4, 0.5) is 0 Å². The summed E-state index contributed by atoms with van der Waals surface area (Å²) in [5.74, 6) is 0.364. The normalized spacial score (nSPS) is 20.3. The van der Waals surface area contributed by atoms with Gasteiger partial charge in [0.2, 0.25) is 0 Å². The Morgan fingerprint density at radius 2 is 2.16 bits per heavy atom. The first-order valence-electron chi connectivity index (χ1n) is 7.14. The summed E-state index contributed by atoms with van der Waals surface area (Å²) in [6.45, 7) is 6.73. The SMILES string of the molecule is CC(C)OCCCNCCS(=O)(=O)CC1CCCO1. The second-order valence-electron chi connectivity index (χ2n) is 5.27. The maximum atomic E-state index is 11.8. The highest BCUT2D eigenvalue weighted by atomic mass is 32.2. The molecule has 1 unspecified atom stereocenters. The molecule has 0 aromatic heterocycles. The summed E-state index contributed by atoms with van der Waals surface area (Å²) in [5.41, 5.74) is 0. The lowest BCUT2D eigenvalue weighted by Crippen LogP contribution is -2.29. The highest BCUT2D eigenvalue weighted by molar-refractivity contribution is 7.91. The van der Waals surface area contributed by atoms with E-state index in [4.69, 9.17) is 9.47 Å². The molecule has 1 aliphatic heterocycles.